The molecule has 1 amide bonds. The summed E-state index contributed by atoms with van der Waals surface area (Å²) in [5.41, 5.74) is -0.147. The van der Waals surface area contributed by atoms with E-state index in [1.807, 2.05) is 0 Å². The molecule has 1 heterocycles. The lowest BCUT2D eigenvalue weighted by atomic mass is 9.94. The molecule has 0 atom stereocenters. The van der Waals surface area contributed by atoms with Gasteiger partial charge in [0.2, 0.25) is 5.91 Å². The van der Waals surface area contributed by atoms with Gasteiger partial charge >= 0.3 is 0 Å². The number of ether oxygens (including phenoxy) is 1. The molecule has 0 unspecified atom stereocenters. The van der Waals surface area contributed by atoms with Crippen LogP contribution in [0.4, 0.5) is 4.39 Å². The molecule has 5 heteroatoms. The van der Waals surface area contributed by atoms with Crippen molar-refractivity contribution in [2.75, 3.05) is 19.8 Å². The lowest BCUT2D eigenvalue weighted by molar-refractivity contribution is -0.123. The van der Waals surface area contributed by atoms with Crippen LogP contribution >= 0.6 is 0 Å². The summed E-state index contributed by atoms with van der Waals surface area (Å²) in [5, 5.41) is 12.9. The second-order valence-electron chi connectivity index (χ2n) is 5.27. The van der Waals surface area contributed by atoms with Gasteiger partial charge in [-0.1, -0.05) is 24.3 Å². The number of hydrogen-bond donors (Lipinski definition) is 2. The van der Waals surface area contributed by atoms with Gasteiger partial charge in [0.1, 0.15) is 5.82 Å². The van der Waals surface area contributed by atoms with Crippen molar-refractivity contribution in [3.8, 4) is 0 Å². The summed E-state index contributed by atoms with van der Waals surface area (Å²) in [4.78, 5) is 11.7. The van der Waals surface area contributed by atoms with E-state index in [0.717, 1.165) is 0 Å². The topological polar surface area (TPSA) is 58.6 Å². The highest BCUT2D eigenvalue weighted by atomic mass is 19.1. The maximum absolute atomic E-state index is 13.0. The number of hydrogen-bond acceptors (Lipinski definition) is 3. The van der Waals surface area contributed by atoms with Crippen molar-refractivity contribution in [2.24, 2.45) is 0 Å². The average Bonchev–Trinajstić information content (AvgIpc) is 2.46. The van der Waals surface area contributed by atoms with Crippen LogP contribution in [-0.4, -0.2) is 36.4 Å². The predicted molar refractivity (Wildman–Crippen MR) is 78.1 cm³/mol. The van der Waals surface area contributed by atoms with Crippen LogP contribution in [0.25, 0.3) is 6.08 Å². The molecule has 1 saturated heterocycles. The Hall–Kier alpha value is -1.72. The SMILES string of the molecule is O=C(CC=Cc1cccc(F)c1)NCC1(O)CCOCC1. The number of aliphatic hydroxyl groups is 1. The van der Waals surface area contributed by atoms with Crippen molar-refractivity contribution in [3.05, 3.63) is 41.7 Å². The predicted octanol–water partition coefficient (Wildman–Crippen LogP) is 1.89. The smallest absolute Gasteiger partial charge is 0.223 e. The number of benzene rings is 1. The van der Waals surface area contributed by atoms with Crippen molar-refractivity contribution in [1.29, 1.82) is 0 Å². The fraction of sp³-hybridized carbons (Fsp3) is 0.438. The molecule has 0 spiro atoms. The fourth-order valence-corrected chi connectivity index (χ4v) is 2.18. The number of carbonyl (C=O) groups excluding carboxylic acids is 1. The monoisotopic (exact) mass is 293 g/mol. The van der Waals surface area contributed by atoms with E-state index in [9.17, 15) is 14.3 Å². The first-order chi connectivity index (χ1) is 10.1. The van der Waals surface area contributed by atoms with Gasteiger partial charge in [-0.3, -0.25) is 4.79 Å². The minimum atomic E-state index is -0.861. The number of halogens is 1. The molecule has 1 aliphatic rings. The van der Waals surface area contributed by atoms with Gasteiger partial charge in [-0.25, -0.2) is 4.39 Å². The molecule has 0 aliphatic carbocycles. The van der Waals surface area contributed by atoms with Gasteiger partial charge in [0.25, 0.3) is 0 Å². The molecule has 21 heavy (non-hydrogen) atoms. The Morgan fingerprint density at radius 2 is 2.19 bits per heavy atom. The second kappa shape index (κ2) is 7.33. The second-order valence-corrected chi connectivity index (χ2v) is 5.27. The standard InChI is InChI=1S/C16H20FNO3/c17-14-5-1-3-13(11-14)4-2-6-15(19)18-12-16(20)7-9-21-10-8-16/h1-5,11,20H,6-10,12H2,(H,18,19). The molecule has 1 aromatic carbocycles. The molecule has 4 nitrogen and oxygen atoms in total. The fourth-order valence-electron chi connectivity index (χ4n) is 2.18. The van der Waals surface area contributed by atoms with E-state index in [1.165, 1.54) is 12.1 Å². The van der Waals surface area contributed by atoms with E-state index in [-0.39, 0.29) is 24.7 Å². The van der Waals surface area contributed by atoms with Gasteiger partial charge in [-0.05, 0) is 17.7 Å². The maximum atomic E-state index is 13.0. The zero-order valence-corrected chi connectivity index (χ0v) is 11.8. The normalized spacial score (nSPS) is 17.8. The number of carbonyl (C=O) groups is 1. The van der Waals surface area contributed by atoms with Gasteiger partial charge in [-0.15, -0.1) is 0 Å². The van der Waals surface area contributed by atoms with Crippen molar-refractivity contribution < 1.29 is 19.0 Å². The number of rotatable bonds is 5. The van der Waals surface area contributed by atoms with E-state index < -0.39 is 5.60 Å². The third kappa shape index (κ3) is 5.28. The van der Waals surface area contributed by atoms with E-state index in [0.29, 0.717) is 31.6 Å². The Kier molecular flexibility index (Phi) is 5.47. The van der Waals surface area contributed by atoms with Crippen LogP contribution in [0.5, 0.6) is 0 Å². The highest BCUT2D eigenvalue weighted by Crippen LogP contribution is 2.19. The first-order valence-corrected chi connectivity index (χ1v) is 7.06. The molecule has 0 aromatic heterocycles. The summed E-state index contributed by atoms with van der Waals surface area (Å²) in [7, 11) is 0. The Labute approximate surface area is 123 Å². The Morgan fingerprint density at radius 3 is 2.90 bits per heavy atom. The lowest BCUT2D eigenvalue weighted by Gasteiger charge is -2.32. The molecular weight excluding hydrogens is 273 g/mol. The van der Waals surface area contributed by atoms with Crippen molar-refractivity contribution in [1.82, 2.24) is 5.32 Å². The largest absolute Gasteiger partial charge is 0.388 e. The summed E-state index contributed by atoms with van der Waals surface area (Å²) in [5.74, 6) is -0.467. The van der Waals surface area contributed by atoms with Crippen molar-refractivity contribution >= 4 is 12.0 Å². The molecule has 2 rings (SSSR count). The summed E-state index contributed by atoms with van der Waals surface area (Å²) in [6.07, 6.45) is 4.64. The van der Waals surface area contributed by atoms with E-state index in [2.05, 4.69) is 5.32 Å². The van der Waals surface area contributed by atoms with Crippen LogP contribution < -0.4 is 5.32 Å². The van der Waals surface area contributed by atoms with Crippen LogP contribution in [0.1, 0.15) is 24.8 Å². The van der Waals surface area contributed by atoms with Gasteiger partial charge < -0.3 is 15.2 Å². The van der Waals surface area contributed by atoms with Gasteiger partial charge in [-0.2, -0.15) is 0 Å². The summed E-state index contributed by atoms with van der Waals surface area (Å²) in [6.45, 7) is 1.28. The average molecular weight is 293 g/mol. The molecule has 0 radical (unpaired) electrons. The summed E-state index contributed by atoms with van der Waals surface area (Å²) < 4.78 is 18.2. The summed E-state index contributed by atoms with van der Waals surface area (Å²) in [6, 6.07) is 6.16. The molecule has 1 aromatic rings. The van der Waals surface area contributed by atoms with Crippen LogP contribution in [0.2, 0.25) is 0 Å². The minimum Gasteiger partial charge on any atom is -0.388 e. The molecule has 0 saturated carbocycles. The Morgan fingerprint density at radius 1 is 1.43 bits per heavy atom. The van der Waals surface area contributed by atoms with E-state index in [4.69, 9.17) is 4.74 Å². The molecule has 1 aliphatic heterocycles. The van der Waals surface area contributed by atoms with Crippen LogP contribution in [0.3, 0.4) is 0 Å². The van der Waals surface area contributed by atoms with Gasteiger partial charge in [0.05, 0.1) is 5.60 Å². The molecular formula is C16H20FNO3. The molecule has 1 fully saturated rings. The third-order valence-electron chi connectivity index (χ3n) is 3.50. The van der Waals surface area contributed by atoms with Crippen molar-refractivity contribution in [2.45, 2.75) is 24.9 Å². The first-order valence-electron chi connectivity index (χ1n) is 7.06. The zero-order valence-electron chi connectivity index (χ0n) is 11.8. The minimum absolute atomic E-state index is 0.164. The van der Waals surface area contributed by atoms with E-state index >= 15 is 0 Å². The quantitative estimate of drug-likeness (QED) is 0.871. The number of nitrogens with one attached hydrogen (secondary N) is 1. The van der Waals surface area contributed by atoms with Crippen LogP contribution in [0.15, 0.2) is 30.3 Å². The highest BCUT2D eigenvalue weighted by molar-refractivity contribution is 5.78. The maximum Gasteiger partial charge on any atom is 0.223 e. The Balaban J connectivity index is 1.74. The van der Waals surface area contributed by atoms with Crippen LogP contribution in [-0.2, 0) is 9.53 Å². The zero-order chi connectivity index (χ0) is 15.1. The number of amides is 1. The molecule has 2 N–H and O–H groups in total. The summed E-state index contributed by atoms with van der Waals surface area (Å²) >= 11 is 0. The lowest BCUT2D eigenvalue weighted by Crippen LogP contribution is -2.46. The Bertz CT molecular complexity index is 510. The van der Waals surface area contributed by atoms with Gasteiger partial charge in [0.15, 0.2) is 0 Å². The third-order valence-corrected chi connectivity index (χ3v) is 3.50. The van der Waals surface area contributed by atoms with Crippen molar-refractivity contribution in [3.63, 3.8) is 0 Å². The molecule has 0 bridgehead atoms. The first kappa shape index (κ1) is 15.7. The van der Waals surface area contributed by atoms with Gasteiger partial charge in [0, 0.05) is 39.0 Å². The van der Waals surface area contributed by atoms with Crippen LogP contribution in [0, 0.1) is 5.82 Å². The molecule has 114 valence electrons. The highest BCUT2D eigenvalue weighted by Gasteiger charge is 2.29. The van der Waals surface area contributed by atoms with E-state index in [1.54, 1.807) is 24.3 Å².